The molecule has 0 aliphatic heterocycles. The molecule has 4 heteroatoms. The highest BCUT2D eigenvalue weighted by Gasteiger charge is 2.25. The van der Waals surface area contributed by atoms with Gasteiger partial charge in [0.05, 0.1) is 12.2 Å². The smallest absolute Gasteiger partial charge is 0.126 e. The number of halogens is 1. The average molecular weight is 315 g/mol. The van der Waals surface area contributed by atoms with Crippen LogP contribution in [0.5, 0.6) is 5.75 Å². The molecule has 1 aromatic rings. The number of hydrogen-bond acceptors (Lipinski definition) is 3. The van der Waals surface area contributed by atoms with Gasteiger partial charge in [-0.3, -0.25) is 0 Å². The van der Waals surface area contributed by atoms with Crippen LogP contribution in [0.2, 0.25) is 0 Å². The van der Waals surface area contributed by atoms with Crippen molar-refractivity contribution in [2.24, 2.45) is 0 Å². The summed E-state index contributed by atoms with van der Waals surface area (Å²) in [6, 6.07) is 5.58. The van der Waals surface area contributed by atoms with Gasteiger partial charge in [0.2, 0.25) is 0 Å². The van der Waals surface area contributed by atoms with Crippen LogP contribution in [-0.2, 0) is 0 Å². The van der Waals surface area contributed by atoms with Gasteiger partial charge in [-0.1, -0.05) is 28.4 Å². The number of hydrogen-bond donors (Lipinski definition) is 2. The van der Waals surface area contributed by atoms with E-state index in [-0.39, 0.29) is 6.10 Å². The van der Waals surface area contributed by atoms with Gasteiger partial charge in [0, 0.05) is 10.0 Å². The van der Waals surface area contributed by atoms with Crippen molar-refractivity contribution in [3.8, 4) is 5.75 Å². The molecule has 3 atom stereocenters. The number of aliphatic hydroxyl groups is 2. The van der Waals surface area contributed by atoms with Crippen LogP contribution in [0.3, 0.4) is 0 Å². The summed E-state index contributed by atoms with van der Waals surface area (Å²) in [7, 11) is 0. The molecule has 0 aromatic heterocycles. The van der Waals surface area contributed by atoms with Gasteiger partial charge in [-0.05, 0) is 38.3 Å². The van der Waals surface area contributed by atoms with Crippen molar-refractivity contribution in [2.75, 3.05) is 0 Å². The van der Waals surface area contributed by atoms with Crippen molar-refractivity contribution < 1.29 is 14.9 Å². The molecule has 1 aliphatic carbocycles. The molecule has 0 radical (unpaired) electrons. The predicted octanol–water partition coefficient (Wildman–Crippen LogP) is 3.18. The molecular weight excluding hydrogens is 296 g/mol. The van der Waals surface area contributed by atoms with E-state index in [2.05, 4.69) is 15.9 Å². The Hall–Kier alpha value is -0.580. The molecule has 1 saturated carbocycles. The average Bonchev–Trinajstić information content (AvgIpc) is 2.32. The number of ether oxygens (including phenoxy) is 1. The minimum Gasteiger partial charge on any atom is -0.487 e. The zero-order valence-corrected chi connectivity index (χ0v) is 12.1. The van der Waals surface area contributed by atoms with Gasteiger partial charge in [-0.15, -0.1) is 0 Å². The molecule has 3 nitrogen and oxygen atoms in total. The second-order valence-electron chi connectivity index (χ2n) is 4.87. The minimum atomic E-state index is -0.575. The molecule has 100 valence electrons. The van der Waals surface area contributed by atoms with Gasteiger partial charge in [-0.25, -0.2) is 0 Å². The van der Waals surface area contributed by atoms with Crippen LogP contribution in [0.15, 0.2) is 22.7 Å². The highest BCUT2D eigenvalue weighted by molar-refractivity contribution is 9.10. The fourth-order valence-corrected chi connectivity index (χ4v) is 2.67. The summed E-state index contributed by atoms with van der Waals surface area (Å²) in [6.07, 6.45) is 2.66. The highest BCUT2D eigenvalue weighted by Crippen LogP contribution is 2.32. The monoisotopic (exact) mass is 314 g/mol. The number of rotatable bonds is 3. The predicted molar refractivity (Wildman–Crippen MR) is 73.7 cm³/mol. The zero-order valence-electron chi connectivity index (χ0n) is 10.5. The lowest BCUT2D eigenvalue weighted by Crippen LogP contribution is -2.34. The molecule has 2 N–H and O–H groups in total. The van der Waals surface area contributed by atoms with Crippen molar-refractivity contribution in [1.82, 2.24) is 0 Å². The van der Waals surface area contributed by atoms with Gasteiger partial charge in [0.1, 0.15) is 11.9 Å². The molecule has 0 heterocycles. The van der Waals surface area contributed by atoms with Crippen LogP contribution in [-0.4, -0.2) is 22.4 Å². The van der Waals surface area contributed by atoms with E-state index in [0.717, 1.165) is 35.7 Å². The third-order valence-corrected chi connectivity index (χ3v) is 3.86. The molecule has 1 aliphatic rings. The summed E-state index contributed by atoms with van der Waals surface area (Å²) in [6.45, 7) is 1.72. The summed E-state index contributed by atoms with van der Waals surface area (Å²) in [5.41, 5.74) is 0.760. The summed E-state index contributed by atoms with van der Waals surface area (Å²) >= 11 is 3.40. The second kappa shape index (κ2) is 6.04. The van der Waals surface area contributed by atoms with Crippen molar-refractivity contribution in [1.29, 1.82) is 0 Å². The Kier molecular flexibility index (Phi) is 4.65. The van der Waals surface area contributed by atoms with Crippen LogP contribution in [0.4, 0.5) is 0 Å². The molecule has 2 unspecified atom stereocenters. The molecule has 0 spiro atoms. The molecule has 1 fully saturated rings. The standard InChI is InChI=1S/C14H19BrO3/c1-9(16)11-7-6-10(15)8-14(11)18-13-5-3-2-4-12(13)17/h6-9,12-13,16-17H,2-5H2,1H3/t9-,12?,13?/m1/s1. The van der Waals surface area contributed by atoms with Crippen molar-refractivity contribution in [3.63, 3.8) is 0 Å². The van der Waals surface area contributed by atoms with Gasteiger partial charge < -0.3 is 14.9 Å². The largest absolute Gasteiger partial charge is 0.487 e. The SMILES string of the molecule is C[C@@H](O)c1ccc(Br)cc1OC1CCCCC1O. The van der Waals surface area contributed by atoms with Crippen LogP contribution in [0, 0.1) is 0 Å². The van der Waals surface area contributed by atoms with Crippen molar-refractivity contribution >= 4 is 15.9 Å². The Bertz CT molecular complexity index is 406. The third kappa shape index (κ3) is 3.25. The first kappa shape index (κ1) is 13.8. The van der Waals surface area contributed by atoms with E-state index in [9.17, 15) is 10.2 Å². The summed E-state index contributed by atoms with van der Waals surface area (Å²) < 4.78 is 6.81. The van der Waals surface area contributed by atoms with E-state index < -0.39 is 12.2 Å². The van der Waals surface area contributed by atoms with Gasteiger partial charge in [0.25, 0.3) is 0 Å². The molecule has 0 saturated heterocycles. The first-order chi connectivity index (χ1) is 8.58. The topological polar surface area (TPSA) is 49.7 Å². The zero-order chi connectivity index (χ0) is 13.1. The van der Waals surface area contributed by atoms with Crippen LogP contribution < -0.4 is 4.74 Å². The second-order valence-corrected chi connectivity index (χ2v) is 5.78. The van der Waals surface area contributed by atoms with E-state index in [0.29, 0.717) is 5.75 Å². The fourth-order valence-electron chi connectivity index (χ4n) is 2.33. The lowest BCUT2D eigenvalue weighted by atomic mass is 9.94. The summed E-state index contributed by atoms with van der Waals surface area (Å²) in [4.78, 5) is 0. The Morgan fingerprint density at radius 2 is 2.06 bits per heavy atom. The molecule has 1 aromatic carbocycles. The third-order valence-electron chi connectivity index (χ3n) is 3.37. The van der Waals surface area contributed by atoms with E-state index in [1.165, 1.54) is 0 Å². The minimum absolute atomic E-state index is 0.162. The van der Waals surface area contributed by atoms with Gasteiger partial charge in [-0.2, -0.15) is 0 Å². The quantitative estimate of drug-likeness (QED) is 0.901. The van der Waals surface area contributed by atoms with E-state index in [1.807, 2.05) is 18.2 Å². The number of aliphatic hydroxyl groups excluding tert-OH is 2. The van der Waals surface area contributed by atoms with Crippen molar-refractivity contribution in [2.45, 2.75) is 50.9 Å². The molecular formula is C14H19BrO3. The van der Waals surface area contributed by atoms with E-state index >= 15 is 0 Å². The summed E-state index contributed by atoms with van der Waals surface area (Å²) in [5.74, 6) is 0.658. The molecule has 2 rings (SSSR count). The number of benzene rings is 1. The normalized spacial score (nSPS) is 25.8. The Morgan fingerprint density at radius 3 is 2.72 bits per heavy atom. The van der Waals surface area contributed by atoms with E-state index in [1.54, 1.807) is 6.92 Å². The first-order valence-corrected chi connectivity index (χ1v) is 7.19. The van der Waals surface area contributed by atoms with Gasteiger partial charge in [0.15, 0.2) is 0 Å². The Labute approximate surface area is 116 Å². The first-order valence-electron chi connectivity index (χ1n) is 6.40. The Morgan fingerprint density at radius 1 is 1.33 bits per heavy atom. The van der Waals surface area contributed by atoms with E-state index in [4.69, 9.17) is 4.74 Å². The maximum atomic E-state index is 9.93. The molecule has 0 amide bonds. The molecule has 18 heavy (non-hydrogen) atoms. The highest BCUT2D eigenvalue weighted by atomic mass is 79.9. The van der Waals surface area contributed by atoms with Crippen LogP contribution >= 0.6 is 15.9 Å². The maximum Gasteiger partial charge on any atom is 0.126 e. The van der Waals surface area contributed by atoms with Crippen molar-refractivity contribution in [3.05, 3.63) is 28.2 Å². The summed E-state index contributed by atoms with van der Waals surface area (Å²) in [5, 5.41) is 19.7. The maximum absolute atomic E-state index is 9.93. The fraction of sp³-hybridized carbons (Fsp3) is 0.571. The lowest BCUT2D eigenvalue weighted by Gasteiger charge is -2.29. The van der Waals surface area contributed by atoms with Gasteiger partial charge >= 0.3 is 0 Å². The van der Waals surface area contributed by atoms with Crippen LogP contribution in [0.1, 0.15) is 44.3 Å². The lowest BCUT2D eigenvalue weighted by molar-refractivity contribution is 0.00525. The Balaban J connectivity index is 2.18. The molecule has 0 bridgehead atoms. The van der Waals surface area contributed by atoms with Crippen LogP contribution in [0.25, 0.3) is 0 Å².